The maximum absolute atomic E-state index is 14.7. The molecule has 1 aliphatic carbocycles. The third-order valence-electron chi connectivity index (χ3n) is 11.6. The molecule has 11 rings (SSSR count). The van der Waals surface area contributed by atoms with Crippen LogP contribution in [-0.2, 0) is 0 Å². The Bertz CT molecular complexity index is 2980. The van der Waals surface area contributed by atoms with E-state index >= 15 is 0 Å². The first-order chi connectivity index (χ1) is 27.7. The predicted molar refractivity (Wildman–Crippen MR) is 233 cm³/mol. The zero-order chi connectivity index (χ0) is 37.2. The van der Waals surface area contributed by atoms with Crippen molar-refractivity contribution in [2.24, 2.45) is 0 Å². The lowest BCUT2D eigenvalue weighted by molar-refractivity contribution is 0.104. The van der Waals surface area contributed by atoms with E-state index in [4.69, 9.17) is 0 Å². The van der Waals surface area contributed by atoms with Crippen molar-refractivity contribution in [3.63, 3.8) is 0 Å². The van der Waals surface area contributed by atoms with Crippen molar-refractivity contribution in [1.82, 2.24) is 0 Å². The van der Waals surface area contributed by atoms with E-state index in [1.54, 1.807) is 0 Å². The molecule has 0 spiro atoms. The number of hydrogen-bond donors (Lipinski definition) is 0. The molecule has 0 aliphatic heterocycles. The molecule has 10 aromatic rings. The van der Waals surface area contributed by atoms with Crippen LogP contribution < -0.4 is 4.90 Å². The fourth-order valence-electron chi connectivity index (χ4n) is 9.12. The van der Waals surface area contributed by atoms with Crippen molar-refractivity contribution in [3.8, 4) is 22.3 Å². The average Bonchev–Trinajstić information content (AvgIpc) is 3.27. The Morgan fingerprint density at radius 1 is 0.357 bits per heavy atom. The maximum atomic E-state index is 14.7. The second kappa shape index (κ2) is 12.9. The molecule has 0 bridgehead atoms. The minimum absolute atomic E-state index is 0.0774. The van der Waals surface area contributed by atoms with Crippen LogP contribution in [0.5, 0.6) is 0 Å². The molecular weight excluding hydrogens is 679 g/mol. The van der Waals surface area contributed by atoms with E-state index in [0.717, 1.165) is 77.4 Å². The molecule has 0 saturated carbocycles. The summed E-state index contributed by atoms with van der Waals surface area (Å²) in [6.07, 6.45) is 0. The second-order valence-electron chi connectivity index (χ2n) is 14.8. The lowest BCUT2D eigenvalue weighted by Gasteiger charge is -2.29. The number of carbonyl (C=O) groups is 1. The van der Waals surface area contributed by atoms with Gasteiger partial charge in [0.1, 0.15) is 0 Å². The van der Waals surface area contributed by atoms with Gasteiger partial charge < -0.3 is 4.90 Å². The number of hydrogen-bond acceptors (Lipinski definition) is 2. The zero-order valence-corrected chi connectivity index (χ0v) is 30.6. The molecule has 56 heavy (non-hydrogen) atoms. The first kappa shape index (κ1) is 32.2. The van der Waals surface area contributed by atoms with Crippen LogP contribution in [-0.4, -0.2) is 5.78 Å². The Morgan fingerprint density at radius 2 is 0.911 bits per heavy atom. The highest BCUT2D eigenvalue weighted by Crippen LogP contribution is 2.50. The highest BCUT2D eigenvalue weighted by Gasteiger charge is 2.29. The molecule has 262 valence electrons. The van der Waals surface area contributed by atoms with Crippen molar-refractivity contribution in [2.75, 3.05) is 4.90 Å². The number of benzene rings is 10. The standard InChI is InChI=1S/C54H35NO/c56-54-47-32-39(35-24-26-38(27-25-35)50(36-14-5-1-6-15-36)37-16-7-2-8-17-37)28-30-44(47)45-31-29-41-34-49(46-23-13-18-40-33-48(54)53(45)52(41)51(40)46)55(42-19-9-3-10-20-42)43-21-11-4-12-22-43/h1-34,50H. The topological polar surface area (TPSA) is 20.3 Å². The summed E-state index contributed by atoms with van der Waals surface area (Å²) in [6.45, 7) is 0. The Hall–Kier alpha value is -7.29. The summed E-state index contributed by atoms with van der Waals surface area (Å²) in [6, 6.07) is 73.2. The molecule has 0 saturated heterocycles. The van der Waals surface area contributed by atoms with Crippen LogP contribution in [0.3, 0.4) is 0 Å². The van der Waals surface area contributed by atoms with Gasteiger partial charge in [-0.25, -0.2) is 0 Å². The van der Waals surface area contributed by atoms with Crippen LogP contribution in [0, 0.1) is 0 Å². The summed E-state index contributed by atoms with van der Waals surface area (Å²) in [5.41, 5.74) is 12.8. The van der Waals surface area contributed by atoms with Crippen molar-refractivity contribution in [2.45, 2.75) is 5.92 Å². The van der Waals surface area contributed by atoms with Gasteiger partial charge in [0, 0.05) is 39.2 Å². The van der Waals surface area contributed by atoms with Gasteiger partial charge in [-0.15, -0.1) is 0 Å². The molecule has 0 amide bonds. The molecule has 10 aromatic carbocycles. The SMILES string of the molecule is O=C1c2cc(-c3ccc(C(c4ccccc4)c4ccccc4)cc3)ccc2-c2ccc3cc(N(c4ccccc4)c4ccccc4)c4cccc5cc1c2c3c54. The van der Waals surface area contributed by atoms with Crippen LogP contribution >= 0.6 is 0 Å². The Balaban J connectivity index is 1.03. The summed E-state index contributed by atoms with van der Waals surface area (Å²) < 4.78 is 0. The summed E-state index contributed by atoms with van der Waals surface area (Å²) >= 11 is 0. The minimum Gasteiger partial charge on any atom is -0.310 e. The third kappa shape index (κ3) is 5.07. The third-order valence-corrected chi connectivity index (χ3v) is 11.6. The van der Waals surface area contributed by atoms with Crippen LogP contribution in [0.2, 0.25) is 0 Å². The normalized spacial score (nSPS) is 12.1. The Labute approximate surface area is 325 Å². The molecule has 0 aromatic heterocycles. The van der Waals surface area contributed by atoms with E-state index in [1.165, 1.54) is 22.1 Å². The van der Waals surface area contributed by atoms with Gasteiger partial charge in [-0.1, -0.05) is 164 Å². The molecule has 2 heteroatoms. The lowest BCUT2D eigenvalue weighted by atomic mass is 9.78. The maximum Gasteiger partial charge on any atom is 0.194 e. The van der Waals surface area contributed by atoms with Crippen LogP contribution in [0.15, 0.2) is 206 Å². The molecule has 0 heterocycles. The first-order valence-corrected chi connectivity index (χ1v) is 19.3. The number of rotatable bonds is 7. The first-order valence-electron chi connectivity index (χ1n) is 19.3. The van der Waals surface area contributed by atoms with E-state index in [2.05, 4.69) is 211 Å². The summed E-state index contributed by atoms with van der Waals surface area (Å²) in [5.74, 6) is 0.208. The molecule has 0 atom stereocenters. The molecule has 0 unspecified atom stereocenters. The molecule has 2 nitrogen and oxygen atoms in total. The predicted octanol–water partition coefficient (Wildman–Crippen LogP) is 14.1. The molecule has 1 aliphatic rings. The fraction of sp³-hybridized carbons (Fsp3) is 0.0185. The monoisotopic (exact) mass is 713 g/mol. The van der Waals surface area contributed by atoms with Gasteiger partial charge >= 0.3 is 0 Å². The van der Waals surface area contributed by atoms with Crippen LogP contribution in [0.1, 0.15) is 38.5 Å². The summed E-state index contributed by atoms with van der Waals surface area (Å²) in [4.78, 5) is 17.1. The van der Waals surface area contributed by atoms with E-state index in [9.17, 15) is 4.79 Å². The fourth-order valence-corrected chi connectivity index (χ4v) is 9.12. The van der Waals surface area contributed by atoms with Crippen molar-refractivity contribution >= 4 is 55.2 Å². The number of nitrogens with zero attached hydrogens (tertiary/aromatic N) is 1. The number of ketones is 1. The quantitative estimate of drug-likeness (QED) is 0.121. The van der Waals surface area contributed by atoms with Gasteiger partial charge in [0.05, 0.1) is 5.69 Å². The Kier molecular flexibility index (Phi) is 7.43. The van der Waals surface area contributed by atoms with Crippen molar-refractivity contribution in [3.05, 3.63) is 234 Å². The van der Waals surface area contributed by atoms with Crippen LogP contribution in [0.4, 0.5) is 17.1 Å². The summed E-state index contributed by atoms with van der Waals surface area (Å²) in [7, 11) is 0. The Morgan fingerprint density at radius 3 is 1.55 bits per heavy atom. The van der Waals surface area contributed by atoms with Gasteiger partial charge in [-0.2, -0.15) is 0 Å². The molecule has 0 N–H and O–H groups in total. The van der Waals surface area contributed by atoms with Gasteiger partial charge in [0.15, 0.2) is 5.78 Å². The number of para-hydroxylation sites is 2. The zero-order valence-electron chi connectivity index (χ0n) is 30.6. The van der Waals surface area contributed by atoms with Crippen molar-refractivity contribution in [1.29, 1.82) is 0 Å². The largest absolute Gasteiger partial charge is 0.310 e. The van der Waals surface area contributed by atoms with E-state index in [-0.39, 0.29) is 11.7 Å². The van der Waals surface area contributed by atoms with Crippen LogP contribution in [0.25, 0.3) is 54.6 Å². The number of fused-ring (bicyclic) bond motifs is 2. The highest BCUT2D eigenvalue weighted by molar-refractivity contribution is 6.36. The number of carbonyl (C=O) groups excluding carboxylic acids is 1. The van der Waals surface area contributed by atoms with Gasteiger partial charge in [0.25, 0.3) is 0 Å². The smallest absolute Gasteiger partial charge is 0.194 e. The lowest BCUT2D eigenvalue weighted by Crippen LogP contribution is -2.12. The van der Waals surface area contributed by atoms with E-state index in [1.807, 2.05) is 0 Å². The highest BCUT2D eigenvalue weighted by atomic mass is 16.1. The van der Waals surface area contributed by atoms with Gasteiger partial charge in [-0.3, -0.25) is 4.79 Å². The van der Waals surface area contributed by atoms with Gasteiger partial charge in [0.2, 0.25) is 0 Å². The summed E-state index contributed by atoms with van der Waals surface area (Å²) in [5, 5.41) is 6.75. The average molecular weight is 714 g/mol. The number of anilines is 3. The molecular formula is C54H35NO. The van der Waals surface area contributed by atoms with E-state index < -0.39 is 0 Å². The molecule has 0 radical (unpaired) electrons. The second-order valence-corrected chi connectivity index (χ2v) is 14.8. The molecule has 0 fully saturated rings. The minimum atomic E-state index is 0.0774. The van der Waals surface area contributed by atoms with Crippen molar-refractivity contribution < 1.29 is 4.79 Å². The van der Waals surface area contributed by atoms with Gasteiger partial charge in [-0.05, 0) is 103 Å². The van der Waals surface area contributed by atoms with E-state index in [0.29, 0.717) is 0 Å².